The lowest BCUT2D eigenvalue weighted by Crippen LogP contribution is -2.37. The number of fused-ring (bicyclic) bond motifs is 1. The fourth-order valence-electron chi connectivity index (χ4n) is 4.54. The van der Waals surface area contributed by atoms with E-state index in [0.717, 1.165) is 12.1 Å². The second-order valence-corrected chi connectivity index (χ2v) is 10.7. The minimum atomic E-state index is -4.46. The van der Waals surface area contributed by atoms with Gasteiger partial charge in [-0.15, -0.1) is 0 Å². The quantitative estimate of drug-likeness (QED) is 0.199. The first kappa shape index (κ1) is 32.5. The summed E-state index contributed by atoms with van der Waals surface area (Å²) in [5, 5.41) is 10.4. The first-order valence-electron chi connectivity index (χ1n) is 14.2. The molecular weight excluding hydrogens is 571 g/mol. The van der Waals surface area contributed by atoms with Crippen molar-refractivity contribution in [1.82, 2.24) is 14.5 Å². The number of alkyl halides is 3. The third kappa shape index (κ3) is 8.56. The molecule has 0 aliphatic rings. The minimum absolute atomic E-state index is 0.0879. The van der Waals surface area contributed by atoms with Gasteiger partial charge in [0.1, 0.15) is 11.4 Å². The number of hydrogen-bond acceptors (Lipinski definition) is 5. The Hall–Kier alpha value is -4.46. The second kappa shape index (κ2) is 13.9. The van der Waals surface area contributed by atoms with Gasteiger partial charge in [-0.25, -0.2) is 4.98 Å². The third-order valence-corrected chi connectivity index (χ3v) is 6.79. The molecule has 10 heteroatoms. The summed E-state index contributed by atoms with van der Waals surface area (Å²) in [5.74, 6) is 5.83. The lowest BCUT2D eigenvalue weighted by Gasteiger charge is -2.24. The summed E-state index contributed by atoms with van der Waals surface area (Å²) in [6, 6.07) is 18.6. The van der Waals surface area contributed by atoms with Gasteiger partial charge in [-0.2, -0.15) is 13.2 Å². The van der Waals surface area contributed by atoms with E-state index in [-0.39, 0.29) is 44.0 Å². The summed E-state index contributed by atoms with van der Waals surface area (Å²) in [4.78, 5) is 33.4. The number of amides is 1. The molecule has 0 spiro atoms. The first-order valence-corrected chi connectivity index (χ1v) is 14.2. The van der Waals surface area contributed by atoms with Gasteiger partial charge >= 0.3 is 6.18 Å². The van der Waals surface area contributed by atoms with Crippen LogP contribution in [0.4, 0.5) is 13.2 Å². The molecule has 0 aliphatic heterocycles. The van der Waals surface area contributed by atoms with Crippen LogP contribution in [0.5, 0.6) is 0 Å². The van der Waals surface area contributed by atoms with E-state index in [9.17, 15) is 27.9 Å². The zero-order valence-electron chi connectivity index (χ0n) is 24.8. The maximum Gasteiger partial charge on any atom is 0.416 e. The number of aliphatic hydroxyl groups is 1. The fraction of sp³-hybridized carbons (Fsp3) is 0.324. The normalized spacial score (nSPS) is 11.7. The van der Waals surface area contributed by atoms with Gasteiger partial charge in [-0.3, -0.25) is 14.2 Å². The van der Waals surface area contributed by atoms with Crippen molar-refractivity contribution in [3.63, 3.8) is 0 Å². The highest BCUT2D eigenvalue weighted by Crippen LogP contribution is 2.29. The highest BCUT2D eigenvalue weighted by atomic mass is 19.4. The maximum atomic E-state index is 13.7. The Morgan fingerprint density at radius 1 is 1.00 bits per heavy atom. The highest BCUT2D eigenvalue weighted by molar-refractivity contribution is 5.79. The SMILES string of the molecule is CCOCCN(CCc1nc2ccccc2c(=O)n1-c1ccc(C#CC(C)(C)O)cc1)C(=O)Cc1ccc(C(F)(F)F)cc1. The molecule has 1 N–H and O–H groups in total. The molecule has 0 fully saturated rings. The lowest BCUT2D eigenvalue weighted by atomic mass is 10.1. The second-order valence-electron chi connectivity index (χ2n) is 10.7. The topological polar surface area (TPSA) is 84.7 Å². The molecule has 7 nitrogen and oxygen atoms in total. The summed E-state index contributed by atoms with van der Waals surface area (Å²) >= 11 is 0. The number of benzene rings is 3. The van der Waals surface area contributed by atoms with Crippen molar-refractivity contribution in [1.29, 1.82) is 0 Å². The average molecular weight is 606 g/mol. The Balaban J connectivity index is 1.63. The molecule has 230 valence electrons. The van der Waals surface area contributed by atoms with Crippen molar-refractivity contribution in [3.8, 4) is 17.5 Å². The van der Waals surface area contributed by atoms with E-state index in [2.05, 4.69) is 11.8 Å². The standard InChI is InChI=1S/C34H34F3N3O4/c1-4-44-22-21-39(31(41)23-25-9-13-26(14-10-25)34(35,36)37)20-18-30-38-29-8-6-5-7-28(29)32(42)40(30)27-15-11-24(12-16-27)17-19-33(2,3)43/h5-16,43H,4,18,20-23H2,1-3H3. The Kier molecular flexibility index (Phi) is 10.2. The molecule has 1 heterocycles. The van der Waals surface area contributed by atoms with Gasteiger partial charge < -0.3 is 14.7 Å². The van der Waals surface area contributed by atoms with E-state index in [1.807, 2.05) is 6.92 Å². The number of ether oxygens (including phenoxy) is 1. The van der Waals surface area contributed by atoms with Crippen LogP contribution in [0.3, 0.4) is 0 Å². The van der Waals surface area contributed by atoms with Crippen molar-refractivity contribution in [3.05, 3.63) is 106 Å². The van der Waals surface area contributed by atoms with Gasteiger partial charge in [0, 0.05) is 31.7 Å². The molecule has 3 aromatic carbocycles. The highest BCUT2D eigenvalue weighted by Gasteiger charge is 2.30. The molecule has 0 bridgehead atoms. The summed E-state index contributed by atoms with van der Waals surface area (Å²) in [6.07, 6.45) is -4.32. The number of rotatable bonds is 10. The van der Waals surface area contributed by atoms with Crippen molar-refractivity contribution < 1.29 is 27.8 Å². The number of aromatic nitrogens is 2. The molecule has 4 aromatic rings. The number of halogens is 3. The summed E-state index contributed by atoms with van der Waals surface area (Å²) < 4.78 is 46.0. The Morgan fingerprint density at radius 3 is 2.32 bits per heavy atom. The van der Waals surface area contributed by atoms with Crippen molar-refractivity contribution in [2.75, 3.05) is 26.3 Å². The van der Waals surface area contributed by atoms with Gasteiger partial charge in [-0.1, -0.05) is 36.1 Å². The van der Waals surface area contributed by atoms with Gasteiger partial charge in [-0.05, 0) is 74.9 Å². The summed E-state index contributed by atoms with van der Waals surface area (Å²) in [7, 11) is 0. The first-order chi connectivity index (χ1) is 20.9. The molecule has 0 atom stereocenters. The lowest BCUT2D eigenvalue weighted by molar-refractivity contribution is -0.137. The van der Waals surface area contributed by atoms with Crippen LogP contribution in [0, 0.1) is 11.8 Å². The van der Waals surface area contributed by atoms with Crippen LogP contribution in [0.25, 0.3) is 16.6 Å². The molecule has 1 aromatic heterocycles. The molecule has 0 saturated carbocycles. The van der Waals surface area contributed by atoms with E-state index in [0.29, 0.717) is 40.1 Å². The smallest absolute Gasteiger partial charge is 0.380 e. The van der Waals surface area contributed by atoms with Crippen LogP contribution in [-0.2, 0) is 28.5 Å². The number of nitrogens with zero attached hydrogens (tertiary/aromatic N) is 3. The van der Waals surface area contributed by atoms with Crippen LogP contribution in [0.1, 0.15) is 43.3 Å². The van der Waals surface area contributed by atoms with E-state index in [1.54, 1.807) is 67.3 Å². The van der Waals surface area contributed by atoms with E-state index in [4.69, 9.17) is 9.72 Å². The predicted molar refractivity (Wildman–Crippen MR) is 162 cm³/mol. The van der Waals surface area contributed by atoms with E-state index < -0.39 is 17.3 Å². The number of hydrogen-bond donors (Lipinski definition) is 1. The van der Waals surface area contributed by atoms with Crippen molar-refractivity contribution in [2.45, 2.75) is 45.4 Å². The van der Waals surface area contributed by atoms with Crippen molar-refractivity contribution in [2.24, 2.45) is 0 Å². The van der Waals surface area contributed by atoms with Gasteiger partial charge in [0.05, 0.1) is 35.2 Å². The Morgan fingerprint density at radius 2 is 1.68 bits per heavy atom. The number of carbonyl (C=O) groups is 1. The molecule has 0 radical (unpaired) electrons. The number of carbonyl (C=O) groups excluding carboxylic acids is 1. The number of para-hydroxylation sites is 1. The minimum Gasteiger partial charge on any atom is -0.380 e. The summed E-state index contributed by atoms with van der Waals surface area (Å²) in [5.41, 5.74) is 0.0103. The molecule has 44 heavy (non-hydrogen) atoms. The van der Waals surface area contributed by atoms with Gasteiger partial charge in [0.15, 0.2) is 0 Å². The van der Waals surface area contributed by atoms with Crippen molar-refractivity contribution >= 4 is 16.8 Å². The van der Waals surface area contributed by atoms with Crippen LogP contribution >= 0.6 is 0 Å². The van der Waals surface area contributed by atoms with E-state index >= 15 is 0 Å². The zero-order chi connectivity index (χ0) is 31.9. The van der Waals surface area contributed by atoms with Crippen LogP contribution in [-0.4, -0.2) is 57.4 Å². The molecule has 4 rings (SSSR count). The average Bonchev–Trinajstić information content (AvgIpc) is 2.98. The zero-order valence-corrected chi connectivity index (χ0v) is 24.8. The van der Waals surface area contributed by atoms with Crippen LogP contribution in [0.15, 0.2) is 77.6 Å². The molecule has 0 aliphatic carbocycles. The Bertz CT molecular complexity index is 1710. The Labute approximate surface area is 253 Å². The summed E-state index contributed by atoms with van der Waals surface area (Å²) in [6.45, 7) is 6.22. The van der Waals surface area contributed by atoms with Gasteiger partial charge in [0.2, 0.25) is 5.91 Å². The predicted octanol–water partition coefficient (Wildman–Crippen LogP) is 5.18. The monoisotopic (exact) mass is 605 g/mol. The molecule has 0 saturated heterocycles. The fourth-order valence-corrected chi connectivity index (χ4v) is 4.54. The maximum absolute atomic E-state index is 13.7. The molecule has 0 unspecified atom stereocenters. The molecular formula is C34H34F3N3O4. The van der Waals surface area contributed by atoms with E-state index in [1.165, 1.54) is 16.7 Å². The van der Waals surface area contributed by atoms with Gasteiger partial charge in [0.25, 0.3) is 5.56 Å². The van der Waals surface area contributed by atoms with Crippen LogP contribution < -0.4 is 5.56 Å². The van der Waals surface area contributed by atoms with Crippen LogP contribution in [0.2, 0.25) is 0 Å². The largest absolute Gasteiger partial charge is 0.416 e. The third-order valence-electron chi connectivity index (χ3n) is 6.79. The molecule has 1 amide bonds.